The Hall–Kier alpha value is -3.50. The van der Waals surface area contributed by atoms with Crippen LogP contribution >= 0.6 is 0 Å². The lowest BCUT2D eigenvalue weighted by Crippen LogP contribution is -2.48. The van der Waals surface area contributed by atoms with Gasteiger partial charge in [-0.15, -0.1) is 0 Å². The van der Waals surface area contributed by atoms with E-state index < -0.39 is 21.8 Å². The normalized spacial score (nSPS) is 19.5. The number of nitrogens with two attached hydrogens (primary N) is 1. The maximum atomic E-state index is 13.7. The topological polar surface area (TPSA) is 127 Å². The number of nitrogens with zero attached hydrogens (tertiary/aromatic N) is 3. The van der Waals surface area contributed by atoms with Crippen LogP contribution in [0.2, 0.25) is 0 Å². The fraction of sp³-hybridized carbons (Fsp3) is 0.393. The molecule has 3 aromatic rings. The van der Waals surface area contributed by atoms with Gasteiger partial charge < -0.3 is 16.0 Å². The van der Waals surface area contributed by atoms with Gasteiger partial charge >= 0.3 is 0 Å². The van der Waals surface area contributed by atoms with Crippen molar-refractivity contribution in [1.29, 1.82) is 0 Å². The maximum absolute atomic E-state index is 13.7. The fourth-order valence-corrected chi connectivity index (χ4v) is 6.13. The number of primary amides is 1. The summed E-state index contributed by atoms with van der Waals surface area (Å²) in [4.78, 5) is 28.1. The second-order valence-corrected chi connectivity index (χ2v) is 12.9. The van der Waals surface area contributed by atoms with Crippen LogP contribution < -0.4 is 16.0 Å². The number of hydrogen-bond acceptors (Lipinski definition) is 6. The molecule has 9 nitrogen and oxygen atoms in total. The van der Waals surface area contributed by atoms with Crippen molar-refractivity contribution in [2.45, 2.75) is 62.6 Å². The van der Waals surface area contributed by atoms with Gasteiger partial charge in [0.25, 0.3) is 5.91 Å². The third-order valence-corrected chi connectivity index (χ3v) is 8.73. The van der Waals surface area contributed by atoms with Gasteiger partial charge in [0.15, 0.2) is 9.84 Å². The Bertz CT molecular complexity index is 1510. The van der Waals surface area contributed by atoms with E-state index >= 15 is 0 Å². The monoisotopic (exact) mass is 535 g/mol. The molecule has 5 rings (SSSR count). The molecule has 2 aliphatic heterocycles. The Morgan fingerprint density at radius 1 is 1.13 bits per heavy atom. The molecule has 3 N–H and O–H groups in total. The van der Waals surface area contributed by atoms with Crippen LogP contribution in [0.3, 0.4) is 0 Å². The van der Waals surface area contributed by atoms with E-state index in [2.05, 4.69) is 31.2 Å². The Balaban J connectivity index is 1.45. The second kappa shape index (κ2) is 9.36. The largest absolute Gasteiger partial charge is 0.368 e. The Morgan fingerprint density at radius 3 is 2.29 bits per heavy atom. The smallest absolute Gasteiger partial charge is 0.277 e. The molecule has 1 aromatic heterocycles. The van der Waals surface area contributed by atoms with Crippen LogP contribution in [0.15, 0.2) is 53.4 Å². The van der Waals surface area contributed by atoms with Gasteiger partial charge in [-0.2, -0.15) is 5.10 Å². The molecule has 0 fully saturated rings. The van der Waals surface area contributed by atoms with Crippen LogP contribution in [-0.4, -0.2) is 48.4 Å². The second-order valence-electron chi connectivity index (χ2n) is 10.9. The number of amides is 2. The molecular weight excluding hydrogens is 502 g/mol. The first-order valence-corrected chi connectivity index (χ1v) is 14.6. The summed E-state index contributed by atoms with van der Waals surface area (Å²) < 4.78 is 25.2. The molecule has 38 heavy (non-hydrogen) atoms. The molecule has 2 atom stereocenters. The molecule has 0 bridgehead atoms. The van der Waals surface area contributed by atoms with Crippen molar-refractivity contribution >= 4 is 27.3 Å². The molecule has 0 aliphatic carbocycles. The predicted molar refractivity (Wildman–Crippen MR) is 145 cm³/mol. The van der Waals surface area contributed by atoms with Gasteiger partial charge in [-0.1, -0.05) is 31.2 Å². The molecule has 10 heteroatoms. The van der Waals surface area contributed by atoms with Crippen LogP contribution in [-0.2, 0) is 27.6 Å². The average molecular weight is 536 g/mol. The number of hydrogen-bond donors (Lipinski definition) is 2. The highest BCUT2D eigenvalue weighted by Crippen LogP contribution is 2.35. The van der Waals surface area contributed by atoms with E-state index in [1.54, 1.807) is 17.0 Å². The minimum atomic E-state index is -3.26. The summed E-state index contributed by atoms with van der Waals surface area (Å²) in [6.45, 7) is 6.85. The lowest BCUT2D eigenvalue weighted by Gasteiger charge is -2.33. The number of aromatic nitrogens is 2. The average Bonchev–Trinajstić information content (AvgIpc) is 3.22. The minimum absolute atomic E-state index is 0.0657. The molecular formula is C28H33N5O4S. The summed E-state index contributed by atoms with van der Waals surface area (Å²) in [6, 6.07) is 14.0. The number of nitrogens with one attached hydrogen (secondary N) is 1. The Kier molecular flexibility index (Phi) is 6.43. The Morgan fingerprint density at radius 2 is 1.74 bits per heavy atom. The van der Waals surface area contributed by atoms with Crippen molar-refractivity contribution in [1.82, 2.24) is 15.1 Å². The van der Waals surface area contributed by atoms with Crippen LogP contribution in [0.25, 0.3) is 0 Å². The lowest BCUT2D eigenvalue weighted by atomic mass is 9.89. The van der Waals surface area contributed by atoms with Crippen LogP contribution in [0.5, 0.6) is 0 Å². The molecule has 200 valence electrons. The number of rotatable bonds is 6. The molecule has 2 unspecified atom stereocenters. The van der Waals surface area contributed by atoms with Crippen molar-refractivity contribution in [3.05, 3.63) is 76.6 Å². The van der Waals surface area contributed by atoms with E-state index in [0.717, 1.165) is 28.8 Å². The number of carbonyl (C=O) groups is 2. The summed E-state index contributed by atoms with van der Waals surface area (Å²) in [6.07, 6.45) is 2.67. The van der Waals surface area contributed by atoms with E-state index in [1.807, 2.05) is 36.4 Å². The highest BCUT2D eigenvalue weighted by atomic mass is 32.2. The highest BCUT2D eigenvalue weighted by Gasteiger charge is 2.41. The summed E-state index contributed by atoms with van der Waals surface area (Å²) in [5, 5.41) is 8.11. The molecule has 0 radical (unpaired) electrons. The maximum Gasteiger partial charge on any atom is 0.277 e. The third kappa shape index (κ3) is 4.63. The van der Waals surface area contributed by atoms with Crippen molar-refractivity contribution in [3.63, 3.8) is 0 Å². The molecule has 3 heterocycles. The van der Waals surface area contributed by atoms with Gasteiger partial charge in [-0.25, -0.2) is 13.1 Å². The number of anilines is 1. The molecule has 2 aliphatic rings. The summed E-state index contributed by atoms with van der Waals surface area (Å²) >= 11 is 0. The van der Waals surface area contributed by atoms with Crippen LogP contribution in [0.1, 0.15) is 72.0 Å². The van der Waals surface area contributed by atoms with Gasteiger partial charge in [0.1, 0.15) is 11.7 Å². The van der Waals surface area contributed by atoms with E-state index in [9.17, 15) is 18.0 Å². The zero-order valence-corrected chi connectivity index (χ0v) is 22.9. The first-order chi connectivity index (χ1) is 17.9. The van der Waals surface area contributed by atoms with Crippen LogP contribution in [0, 0.1) is 0 Å². The van der Waals surface area contributed by atoms with Crippen molar-refractivity contribution < 1.29 is 18.0 Å². The van der Waals surface area contributed by atoms with Gasteiger partial charge in [0.05, 0.1) is 17.1 Å². The quantitative estimate of drug-likeness (QED) is 0.500. The molecule has 0 saturated carbocycles. The van der Waals surface area contributed by atoms with Crippen molar-refractivity contribution in [2.75, 3.05) is 17.7 Å². The summed E-state index contributed by atoms with van der Waals surface area (Å²) in [5.74, 6) is -0.666. The molecule has 0 saturated heterocycles. The van der Waals surface area contributed by atoms with E-state index in [4.69, 9.17) is 5.73 Å². The van der Waals surface area contributed by atoms with Crippen molar-refractivity contribution in [3.8, 4) is 0 Å². The van der Waals surface area contributed by atoms with Crippen molar-refractivity contribution in [2.24, 2.45) is 5.73 Å². The Labute approximate surface area is 222 Å². The lowest BCUT2D eigenvalue weighted by molar-refractivity contribution is -0.121. The number of carbonyl (C=O) groups excluding carboxylic acids is 2. The zero-order valence-electron chi connectivity index (χ0n) is 22.1. The predicted octanol–water partition coefficient (Wildman–Crippen LogP) is 2.94. The zero-order chi connectivity index (χ0) is 27.4. The number of sulfone groups is 1. The summed E-state index contributed by atoms with van der Waals surface area (Å²) in [7, 11) is -3.26. The first-order valence-electron chi connectivity index (χ1n) is 12.8. The summed E-state index contributed by atoms with van der Waals surface area (Å²) in [5.41, 5.74) is 10.4. The fourth-order valence-electron chi connectivity index (χ4n) is 5.50. The van der Waals surface area contributed by atoms with Gasteiger partial charge in [-0.05, 0) is 55.7 Å². The van der Waals surface area contributed by atoms with Gasteiger partial charge in [0.2, 0.25) is 5.91 Å². The first kappa shape index (κ1) is 26.1. The number of fused-ring (bicyclic) bond motifs is 3. The standard InChI is InChI=1S/C28H33N5O4S/c1-5-21(18-8-12-20(13-9-18)38(4,36)37)17-6-10-19(11-7-17)32-16-24(26(29)34)33-25(27(32)35)22-15-30-28(2,3)14-23(22)31-33/h6-13,21,24,30H,5,14-16H2,1-4H3,(H2,29,34). The van der Waals surface area contributed by atoms with Gasteiger partial charge in [-0.3, -0.25) is 9.59 Å². The molecule has 2 aromatic carbocycles. The van der Waals surface area contributed by atoms with E-state index in [1.165, 1.54) is 10.9 Å². The minimum Gasteiger partial charge on any atom is -0.368 e. The third-order valence-electron chi connectivity index (χ3n) is 7.60. The molecule has 2 amide bonds. The van der Waals surface area contributed by atoms with E-state index in [0.29, 0.717) is 29.2 Å². The van der Waals surface area contributed by atoms with Crippen LogP contribution in [0.4, 0.5) is 5.69 Å². The van der Waals surface area contributed by atoms with E-state index in [-0.39, 0.29) is 23.9 Å². The number of benzene rings is 2. The van der Waals surface area contributed by atoms with Gasteiger partial charge in [0, 0.05) is 41.9 Å². The SMILES string of the molecule is CCC(c1ccc(N2CC(C(N)=O)n3nc4c(c3C2=O)CNC(C)(C)C4)cc1)c1ccc(S(C)(=O)=O)cc1. The highest BCUT2D eigenvalue weighted by molar-refractivity contribution is 7.90. The molecule has 0 spiro atoms.